The Bertz CT molecular complexity index is 1150. The van der Waals surface area contributed by atoms with E-state index >= 15 is 0 Å². The number of benzene rings is 2. The minimum atomic E-state index is -0.273. The van der Waals surface area contributed by atoms with Crippen LogP contribution in [0.1, 0.15) is 30.4 Å². The first-order valence-electron chi connectivity index (χ1n) is 12.8. The molecule has 5 N–H and O–H groups in total. The van der Waals surface area contributed by atoms with Crippen molar-refractivity contribution in [2.24, 2.45) is 5.73 Å². The predicted octanol–water partition coefficient (Wildman–Crippen LogP) is 2.93. The first-order valence-corrected chi connectivity index (χ1v) is 12.8. The van der Waals surface area contributed by atoms with E-state index in [2.05, 4.69) is 5.32 Å². The van der Waals surface area contributed by atoms with Crippen LogP contribution >= 0.6 is 0 Å². The lowest BCUT2D eigenvalue weighted by atomic mass is 10.1. The van der Waals surface area contributed by atoms with E-state index in [0.717, 1.165) is 0 Å². The van der Waals surface area contributed by atoms with Crippen LogP contribution in [0.5, 0.6) is 34.5 Å². The third-order valence-electron chi connectivity index (χ3n) is 5.95. The molecule has 0 aliphatic carbocycles. The number of methoxy groups -OCH3 is 4. The molecule has 0 saturated carbocycles. The monoisotopic (exact) mass is 557 g/mol. The zero-order valence-electron chi connectivity index (χ0n) is 23.4. The maximum Gasteiger partial charge on any atom is 0.246 e. The van der Waals surface area contributed by atoms with Gasteiger partial charge in [-0.2, -0.15) is 0 Å². The van der Waals surface area contributed by atoms with E-state index < -0.39 is 0 Å². The summed E-state index contributed by atoms with van der Waals surface area (Å²) in [5.74, 6) is 0.298. The minimum Gasteiger partial charge on any atom is -0.502 e. The molecular weight excluding hydrogens is 518 g/mol. The minimum absolute atomic E-state index is 0.109. The molecule has 0 bridgehead atoms. The molecule has 2 aromatic carbocycles. The molecule has 0 aliphatic rings. The van der Waals surface area contributed by atoms with E-state index in [1.807, 2.05) is 0 Å². The Morgan fingerprint density at radius 2 is 1.23 bits per heavy atom. The highest BCUT2D eigenvalue weighted by atomic mass is 16.5. The van der Waals surface area contributed by atoms with E-state index in [0.29, 0.717) is 56.6 Å². The summed E-state index contributed by atoms with van der Waals surface area (Å²) in [4.78, 5) is 26.8. The molecule has 0 spiro atoms. The molecule has 0 atom stereocenters. The zero-order valence-corrected chi connectivity index (χ0v) is 23.4. The fraction of sp³-hybridized carbons (Fsp3) is 0.379. The topological polar surface area (TPSA) is 153 Å². The van der Waals surface area contributed by atoms with Gasteiger partial charge in [-0.25, -0.2) is 0 Å². The Labute approximate surface area is 234 Å². The van der Waals surface area contributed by atoms with Crippen LogP contribution < -0.4 is 30.0 Å². The van der Waals surface area contributed by atoms with Crippen molar-refractivity contribution in [2.45, 2.75) is 19.3 Å². The third-order valence-corrected chi connectivity index (χ3v) is 5.95. The number of hydrogen-bond acceptors (Lipinski definition) is 9. The van der Waals surface area contributed by atoms with Crippen LogP contribution in [0.4, 0.5) is 0 Å². The van der Waals surface area contributed by atoms with Crippen molar-refractivity contribution >= 4 is 24.0 Å². The molecule has 2 rings (SSSR count). The highest BCUT2D eigenvalue weighted by Crippen LogP contribution is 2.38. The number of nitrogens with zero attached hydrogens (tertiary/aromatic N) is 1. The quantitative estimate of drug-likeness (QED) is 0.180. The first-order chi connectivity index (χ1) is 19.3. The van der Waals surface area contributed by atoms with Gasteiger partial charge in [-0.3, -0.25) is 9.59 Å². The number of aromatic hydroxyl groups is 2. The molecule has 11 nitrogen and oxygen atoms in total. The number of carbonyl (C=O) groups is 2. The molecule has 40 heavy (non-hydrogen) atoms. The van der Waals surface area contributed by atoms with Crippen LogP contribution in [0.25, 0.3) is 12.2 Å². The van der Waals surface area contributed by atoms with E-state index in [1.165, 1.54) is 40.6 Å². The Kier molecular flexibility index (Phi) is 13.2. The highest BCUT2D eigenvalue weighted by molar-refractivity contribution is 5.92. The lowest BCUT2D eigenvalue weighted by Crippen LogP contribution is -2.33. The average Bonchev–Trinajstić information content (AvgIpc) is 2.96. The molecule has 218 valence electrons. The predicted molar refractivity (Wildman–Crippen MR) is 153 cm³/mol. The summed E-state index contributed by atoms with van der Waals surface area (Å²) in [5.41, 5.74) is 6.92. The molecule has 2 aromatic rings. The molecule has 0 aliphatic heterocycles. The van der Waals surface area contributed by atoms with Gasteiger partial charge in [0.2, 0.25) is 23.3 Å². The summed E-state index contributed by atoms with van der Waals surface area (Å²) in [6.07, 6.45) is 8.09. The van der Waals surface area contributed by atoms with Gasteiger partial charge in [0.25, 0.3) is 0 Å². The number of nitrogens with one attached hydrogen (secondary N) is 1. The Balaban J connectivity index is 1.89. The maximum absolute atomic E-state index is 12.9. The first kappa shape index (κ1) is 31.8. The van der Waals surface area contributed by atoms with Crippen LogP contribution in [-0.2, 0) is 9.59 Å². The molecule has 0 heterocycles. The smallest absolute Gasteiger partial charge is 0.246 e. The van der Waals surface area contributed by atoms with Gasteiger partial charge < -0.3 is 45.1 Å². The average molecular weight is 558 g/mol. The van der Waals surface area contributed by atoms with Gasteiger partial charge in [-0.1, -0.05) is 0 Å². The van der Waals surface area contributed by atoms with Gasteiger partial charge in [-0.15, -0.1) is 0 Å². The third kappa shape index (κ3) is 9.42. The number of hydrogen-bond donors (Lipinski definition) is 4. The lowest BCUT2D eigenvalue weighted by molar-refractivity contribution is -0.126. The van der Waals surface area contributed by atoms with Crippen molar-refractivity contribution in [3.8, 4) is 34.5 Å². The maximum atomic E-state index is 12.9. The second-order valence-electron chi connectivity index (χ2n) is 8.68. The second-order valence-corrected chi connectivity index (χ2v) is 8.68. The van der Waals surface area contributed by atoms with Crippen molar-refractivity contribution in [3.05, 3.63) is 47.5 Å². The van der Waals surface area contributed by atoms with Gasteiger partial charge in [-0.05, 0) is 73.4 Å². The number of phenolic OH excluding ortho intramolecular Hbond substituents is 2. The Morgan fingerprint density at radius 1 is 0.775 bits per heavy atom. The summed E-state index contributed by atoms with van der Waals surface area (Å²) in [6.45, 7) is 1.91. The number of amides is 2. The fourth-order valence-corrected chi connectivity index (χ4v) is 3.78. The molecule has 11 heteroatoms. The van der Waals surface area contributed by atoms with Crippen molar-refractivity contribution < 1.29 is 38.7 Å². The summed E-state index contributed by atoms with van der Waals surface area (Å²) in [7, 11) is 5.73. The lowest BCUT2D eigenvalue weighted by Gasteiger charge is -2.21. The van der Waals surface area contributed by atoms with E-state index in [-0.39, 0.29) is 46.3 Å². The van der Waals surface area contributed by atoms with Crippen LogP contribution in [0.3, 0.4) is 0 Å². The van der Waals surface area contributed by atoms with Gasteiger partial charge in [0.15, 0.2) is 23.0 Å². The molecule has 0 aromatic heterocycles. The van der Waals surface area contributed by atoms with Crippen molar-refractivity contribution in [1.29, 1.82) is 0 Å². The van der Waals surface area contributed by atoms with Crippen LogP contribution in [0.2, 0.25) is 0 Å². The van der Waals surface area contributed by atoms with Crippen LogP contribution in [-0.4, -0.2) is 81.5 Å². The van der Waals surface area contributed by atoms with Crippen molar-refractivity contribution in [2.75, 3.05) is 54.6 Å². The molecule has 0 fully saturated rings. The van der Waals surface area contributed by atoms with Gasteiger partial charge >= 0.3 is 0 Å². The zero-order chi connectivity index (χ0) is 29.5. The number of nitrogens with two attached hydrogens (primary N) is 1. The molecule has 0 saturated heterocycles. The SMILES string of the molecule is COc1cc(C=CC(=O)NCCCCN(CCCN)C(=O)C=Cc2cc(OC)c(O)c(OC)c2)cc(OC)c1O. The second kappa shape index (κ2) is 16.6. The van der Waals surface area contributed by atoms with Crippen molar-refractivity contribution in [1.82, 2.24) is 10.2 Å². The van der Waals surface area contributed by atoms with E-state index in [1.54, 1.807) is 41.3 Å². The Morgan fingerprint density at radius 3 is 1.68 bits per heavy atom. The highest BCUT2D eigenvalue weighted by Gasteiger charge is 2.13. The summed E-state index contributed by atoms with van der Waals surface area (Å²) >= 11 is 0. The van der Waals surface area contributed by atoms with Crippen LogP contribution in [0.15, 0.2) is 36.4 Å². The molecule has 2 amide bonds. The summed E-state index contributed by atoms with van der Waals surface area (Å²) < 4.78 is 20.6. The number of carbonyl (C=O) groups excluding carboxylic acids is 2. The van der Waals surface area contributed by atoms with E-state index in [4.69, 9.17) is 24.7 Å². The Hall–Kier alpha value is -4.38. The summed E-state index contributed by atoms with van der Waals surface area (Å²) in [5, 5.41) is 22.9. The molecule has 0 unspecified atom stereocenters. The number of ether oxygens (including phenoxy) is 4. The van der Waals surface area contributed by atoms with Gasteiger partial charge in [0.1, 0.15) is 0 Å². The largest absolute Gasteiger partial charge is 0.502 e. The molecule has 0 radical (unpaired) electrons. The van der Waals surface area contributed by atoms with Crippen molar-refractivity contribution in [3.63, 3.8) is 0 Å². The number of phenols is 2. The van der Waals surface area contributed by atoms with Crippen LogP contribution in [0, 0.1) is 0 Å². The molecular formula is C29H39N3O8. The van der Waals surface area contributed by atoms with E-state index in [9.17, 15) is 19.8 Å². The fourth-order valence-electron chi connectivity index (χ4n) is 3.78. The number of unbranched alkanes of at least 4 members (excludes halogenated alkanes) is 1. The summed E-state index contributed by atoms with van der Waals surface area (Å²) in [6, 6.07) is 6.41. The number of rotatable bonds is 16. The normalized spacial score (nSPS) is 11.0. The standard InChI is InChI=1S/C29H39N3O8/c1-37-22-16-20(17-23(38-2)28(22)35)8-10-26(33)31-13-5-6-14-32(15-7-12-30)27(34)11-9-21-18-24(39-3)29(36)25(19-21)40-4/h8-11,16-19,35-36H,5-7,12-15,30H2,1-4H3,(H,31,33). The van der Waals surface area contributed by atoms with Gasteiger partial charge in [0.05, 0.1) is 28.4 Å². The van der Waals surface area contributed by atoms with Gasteiger partial charge in [0, 0.05) is 31.8 Å².